The maximum atomic E-state index is 13.6. The van der Waals surface area contributed by atoms with Crippen molar-refractivity contribution in [1.82, 2.24) is 5.32 Å². The molecule has 0 fully saturated rings. The van der Waals surface area contributed by atoms with Gasteiger partial charge in [-0.05, 0) is 30.7 Å². The molecule has 2 N–H and O–H groups in total. The maximum absolute atomic E-state index is 13.6. The number of nitrogens with one attached hydrogen (secondary N) is 2. The summed E-state index contributed by atoms with van der Waals surface area (Å²) >= 11 is 0. The van der Waals surface area contributed by atoms with Gasteiger partial charge in [-0.25, -0.2) is 4.39 Å². The van der Waals surface area contributed by atoms with Gasteiger partial charge < -0.3 is 10.6 Å². The minimum absolute atomic E-state index is 0. The molecular weight excluding hydrogens is 303 g/mol. The summed E-state index contributed by atoms with van der Waals surface area (Å²) < 4.78 is 13.6. The van der Waals surface area contributed by atoms with Gasteiger partial charge in [0, 0.05) is 30.8 Å². The predicted molar refractivity (Wildman–Crippen MR) is 89.6 cm³/mol. The van der Waals surface area contributed by atoms with Gasteiger partial charge in [0.2, 0.25) is 5.91 Å². The van der Waals surface area contributed by atoms with Crippen LogP contribution in [0.25, 0.3) is 0 Å². The van der Waals surface area contributed by atoms with E-state index in [1.807, 2.05) is 37.3 Å². The Hall–Kier alpha value is -1.91. The highest BCUT2D eigenvalue weighted by Gasteiger charge is 2.08. The van der Waals surface area contributed by atoms with Gasteiger partial charge in [-0.3, -0.25) is 4.79 Å². The second-order valence-electron chi connectivity index (χ2n) is 5.00. The monoisotopic (exact) mass is 322 g/mol. The second kappa shape index (κ2) is 8.51. The van der Waals surface area contributed by atoms with E-state index in [4.69, 9.17) is 0 Å². The molecule has 0 aliphatic carbocycles. The molecule has 1 atom stereocenters. The Balaban J connectivity index is 0.00000242. The van der Waals surface area contributed by atoms with E-state index in [1.165, 1.54) is 13.0 Å². The summed E-state index contributed by atoms with van der Waals surface area (Å²) in [5, 5.41) is 6.04. The second-order valence-corrected chi connectivity index (χ2v) is 5.00. The number of amides is 1. The lowest BCUT2D eigenvalue weighted by Gasteiger charge is -2.16. The molecule has 2 rings (SSSR count). The van der Waals surface area contributed by atoms with Gasteiger partial charge >= 0.3 is 0 Å². The lowest BCUT2D eigenvalue weighted by atomic mass is 10.1. The molecule has 22 heavy (non-hydrogen) atoms. The highest BCUT2D eigenvalue weighted by Crippen LogP contribution is 2.18. The van der Waals surface area contributed by atoms with E-state index in [1.54, 1.807) is 12.1 Å². The molecule has 0 bridgehead atoms. The lowest BCUT2D eigenvalue weighted by molar-refractivity contribution is -0.114. The molecular formula is C17H20ClFN2O. The average molecular weight is 323 g/mol. The molecule has 3 nitrogen and oxygen atoms in total. The Morgan fingerprint density at radius 3 is 2.59 bits per heavy atom. The first kappa shape index (κ1) is 18.1. The van der Waals surface area contributed by atoms with Gasteiger partial charge in [0.05, 0.1) is 0 Å². The van der Waals surface area contributed by atoms with Crippen molar-refractivity contribution in [2.24, 2.45) is 0 Å². The van der Waals surface area contributed by atoms with E-state index in [2.05, 4.69) is 10.6 Å². The van der Waals surface area contributed by atoms with Gasteiger partial charge in [-0.1, -0.05) is 30.3 Å². The zero-order chi connectivity index (χ0) is 15.2. The molecule has 118 valence electrons. The predicted octanol–water partition coefficient (Wildman–Crippen LogP) is 4.06. The number of carbonyl (C=O) groups excluding carboxylic acids is 1. The summed E-state index contributed by atoms with van der Waals surface area (Å²) in [5.41, 5.74) is 2.44. The van der Waals surface area contributed by atoms with Crippen molar-refractivity contribution >= 4 is 24.0 Å². The number of benzene rings is 2. The van der Waals surface area contributed by atoms with E-state index < -0.39 is 0 Å². The van der Waals surface area contributed by atoms with Gasteiger partial charge in [-0.2, -0.15) is 0 Å². The Labute approximate surface area is 136 Å². The number of rotatable bonds is 5. The highest BCUT2D eigenvalue weighted by molar-refractivity contribution is 5.88. The quantitative estimate of drug-likeness (QED) is 0.871. The first-order valence-electron chi connectivity index (χ1n) is 6.90. The molecule has 0 saturated heterocycles. The van der Waals surface area contributed by atoms with Crippen LogP contribution in [0.15, 0.2) is 48.5 Å². The van der Waals surface area contributed by atoms with Crippen molar-refractivity contribution in [2.45, 2.75) is 26.4 Å². The van der Waals surface area contributed by atoms with Gasteiger partial charge in [0.25, 0.3) is 0 Å². The number of hydrogen-bond acceptors (Lipinski definition) is 2. The van der Waals surface area contributed by atoms with Gasteiger partial charge in [-0.15, -0.1) is 12.4 Å². The van der Waals surface area contributed by atoms with Crippen LogP contribution in [-0.4, -0.2) is 5.91 Å². The van der Waals surface area contributed by atoms with Crippen molar-refractivity contribution in [3.63, 3.8) is 0 Å². The molecule has 0 aliphatic heterocycles. The van der Waals surface area contributed by atoms with Crippen LogP contribution in [-0.2, 0) is 11.3 Å². The molecule has 1 unspecified atom stereocenters. The van der Waals surface area contributed by atoms with Crippen molar-refractivity contribution in [3.05, 3.63) is 65.5 Å². The van der Waals surface area contributed by atoms with Crippen LogP contribution in [0.4, 0.5) is 10.1 Å². The van der Waals surface area contributed by atoms with Crippen LogP contribution in [0.5, 0.6) is 0 Å². The molecule has 1 amide bonds. The molecule has 0 aliphatic rings. The fraction of sp³-hybridized carbons (Fsp3) is 0.235. The Kier molecular flexibility index (Phi) is 7.02. The molecule has 5 heteroatoms. The topological polar surface area (TPSA) is 41.1 Å². The zero-order valence-corrected chi connectivity index (χ0v) is 13.4. The third-order valence-corrected chi connectivity index (χ3v) is 3.26. The van der Waals surface area contributed by atoms with Crippen LogP contribution < -0.4 is 10.6 Å². The Morgan fingerprint density at radius 1 is 1.18 bits per heavy atom. The molecule has 2 aromatic rings. The van der Waals surface area contributed by atoms with Crippen LogP contribution in [0.3, 0.4) is 0 Å². The number of carbonyl (C=O) groups is 1. The summed E-state index contributed by atoms with van der Waals surface area (Å²) in [5.74, 6) is -0.302. The SMILES string of the molecule is CC(=O)Nc1cccc(C(C)NCc2ccccc2F)c1.Cl. The van der Waals surface area contributed by atoms with Crippen LogP contribution in [0.1, 0.15) is 31.0 Å². The van der Waals surface area contributed by atoms with Crippen molar-refractivity contribution in [2.75, 3.05) is 5.32 Å². The van der Waals surface area contributed by atoms with Crippen LogP contribution in [0.2, 0.25) is 0 Å². The minimum atomic E-state index is -0.204. The third kappa shape index (κ3) is 5.13. The number of hydrogen-bond donors (Lipinski definition) is 2. The molecule has 0 spiro atoms. The Bertz CT molecular complexity index is 634. The number of halogens is 2. The van der Waals surface area contributed by atoms with Crippen LogP contribution >= 0.6 is 12.4 Å². The smallest absolute Gasteiger partial charge is 0.221 e. The van der Waals surface area contributed by atoms with Crippen molar-refractivity contribution < 1.29 is 9.18 Å². The van der Waals surface area contributed by atoms with E-state index in [0.29, 0.717) is 12.1 Å². The third-order valence-electron chi connectivity index (χ3n) is 3.26. The largest absolute Gasteiger partial charge is 0.326 e. The summed E-state index contributed by atoms with van der Waals surface area (Å²) in [6.07, 6.45) is 0. The van der Waals surface area contributed by atoms with Crippen molar-refractivity contribution in [1.29, 1.82) is 0 Å². The summed E-state index contributed by atoms with van der Waals surface area (Å²) in [4.78, 5) is 11.1. The molecule has 0 radical (unpaired) electrons. The fourth-order valence-electron chi connectivity index (χ4n) is 2.11. The van der Waals surface area contributed by atoms with Crippen molar-refractivity contribution in [3.8, 4) is 0 Å². The van der Waals surface area contributed by atoms with Gasteiger partial charge in [0.15, 0.2) is 0 Å². The zero-order valence-electron chi connectivity index (χ0n) is 12.6. The first-order chi connectivity index (χ1) is 10.1. The normalized spacial score (nSPS) is 11.4. The molecule has 0 aromatic heterocycles. The van der Waals surface area contributed by atoms with E-state index in [9.17, 15) is 9.18 Å². The summed E-state index contributed by atoms with van der Waals surface area (Å²) in [6, 6.07) is 14.4. The van der Waals surface area contributed by atoms with E-state index in [0.717, 1.165) is 11.3 Å². The minimum Gasteiger partial charge on any atom is -0.326 e. The standard InChI is InChI=1S/C17H19FN2O.ClH/c1-12(19-11-15-6-3-4-9-17(15)18)14-7-5-8-16(10-14)20-13(2)21;/h3-10,12,19H,11H2,1-2H3,(H,20,21);1H. The maximum Gasteiger partial charge on any atom is 0.221 e. The first-order valence-corrected chi connectivity index (χ1v) is 6.90. The van der Waals surface area contributed by atoms with E-state index in [-0.39, 0.29) is 30.2 Å². The summed E-state index contributed by atoms with van der Waals surface area (Å²) in [7, 11) is 0. The van der Waals surface area contributed by atoms with Crippen LogP contribution in [0, 0.1) is 5.82 Å². The fourth-order valence-corrected chi connectivity index (χ4v) is 2.11. The molecule has 0 saturated carbocycles. The number of anilines is 1. The molecule has 0 heterocycles. The van der Waals surface area contributed by atoms with Gasteiger partial charge in [0.1, 0.15) is 5.82 Å². The average Bonchev–Trinajstić information content (AvgIpc) is 2.45. The van der Waals surface area contributed by atoms with E-state index >= 15 is 0 Å². The Morgan fingerprint density at radius 2 is 1.91 bits per heavy atom. The molecule has 2 aromatic carbocycles. The highest BCUT2D eigenvalue weighted by atomic mass is 35.5. The lowest BCUT2D eigenvalue weighted by Crippen LogP contribution is -2.19. The summed E-state index contributed by atoms with van der Waals surface area (Å²) in [6.45, 7) is 3.94.